The molecule has 0 saturated heterocycles. The highest BCUT2D eigenvalue weighted by Gasteiger charge is 2.29. The quantitative estimate of drug-likeness (QED) is 0.634. The van der Waals surface area contributed by atoms with Crippen LogP contribution in [0.15, 0.2) is 0 Å². The van der Waals surface area contributed by atoms with Gasteiger partial charge in [-0.05, 0) is 31.4 Å². The molecule has 0 aliphatic heterocycles. The summed E-state index contributed by atoms with van der Waals surface area (Å²) >= 11 is 6.27. The van der Waals surface area contributed by atoms with Crippen molar-refractivity contribution in [1.82, 2.24) is 5.09 Å². The molecule has 78 valence electrons. The van der Waals surface area contributed by atoms with Crippen molar-refractivity contribution in [2.24, 2.45) is 11.0 Å². The van der Waals surface area contributed by atoms with Crippen molar-refractivity contribution >= 4 is 36.0 Å². The third-order valence-electron chi connectivity index (χ3n) is 1.33. The zero-order valence-corrected chi connectivity index (χ0v) is 10.6. The Morgan fingerprint density at radius 2 is 2.08 bits per heavy atom. The van der Waals surface area contributed by atoms with E-state index in [9.17, 15) is 4.79 Å². The van der Waals surface area contributed by atoms with Crippen molar-refractivity contribution in [1.29, 1.82) is 0 Å². The maximum absolute atomic E-state index is 11.5. The van der Waals surface area contributed by atoms with Crippen LogP contribution in [-0.2, 0) is 16.6 Å². The Hall–Kier alpha value is 0.390. The molecule has 0 rings (SSSR count). The van der Waals surface area contributed by atoms with Gasteiger partial charge in [0, 0.05) is 0 Å². The van der Waals surface area contributed by atoms with Crippen LogP contribution in [0.4, 0.5) is 0 Å². The van der Waals surface area contributed by atoms with Crippen molar-refractivity contribution in [3.8, 4) is 0 Å². The molecule has 0 aromatic carbocycles. The van der Waals surface area contributed by atoms with E-state index in [0.717, 1.165) is 5.75 Å². The number of thioether (sulfide) groups is 1. The lowest BCUT2D eigenvalue weighted by Gasteiger charge is -2.24. The molecule has 0 aliphatic carbocycles. The smallest absolute Gasteiger partial charge is 0.241 e. The van der Waals surface area contributed by atoms with E-state index in [1.54, 1.807) is 0 Å². The number of hydrogen-bond acceptors (Lipinski definition) is 3. The molecule has 7 heteroatoms. The van der Waals surface area contributed by atoms with Gasteiger partial charge in [-0.3, -0.25) is 15.8 Å². The van der Waals surface area contributed by atoms with Gasteiger partial charge in [0.25, 0.3) is 0 Å². The van der Waals surface area contributed by atoms with Gasteiger partial charge < -0.3 is 5.09 Å². The van der Waals surface area contributed by atoms with Crippen molar-refractivity contribution in [2.75, 3.05) is 5.75 Å². The van der Waals surface area contributed by atoms with Gasteiger partial charge in [0.1, 0.15) is 0 Å². The van der Waals surface area contributed by atoms with Gasteiger partial charge in [0.15, 0.2) is 6.49 Å². The molecular weight excluding hydrogens is 225 g/mol. The third-order valence-corrected chi connectivity index (χ3v) is 3.35. The first-order valence-corrected chi connectivity index (χ1v) is 7.75. The minimum atomic E-state index is -2.62. The van der Waals surface area contributed by atoms with Gasteiger partial charge in [-0.2, -0.15) is 0 Å². The van der Waals surface area contributed by atoms with Crippen LogP contribution >= 0.6 is 18.3 Å². The molecule has 0 aliphatic rings. The topological polar surface area (TPSA) is 81.1 Å². The monoisotopic (exact) mass is 241 g/mol. The Morgan fingerprint density at radius 1 is 1.62 bits per heavy atom. The number of rotatable bonds is 4. The molecule has 0 spiro atoms. The molecule has 0 aromatic heterocycles. The number of hydrogen-bond donors (Lipinski definition) is 3. The average Bonchev–Trinajstić information content (AvgIpc) is 1.82. The summed E-state index contributed by atoms with van der Waals surface area (Å²) in [6, 6.07) is 0. The highest BCUT2D eigenvalue weighted by Crippen LogP contribution is 2.28. The minimum absolute atomic E-state index is 0.187. The van der Waals surface area contributed by atoms with Gasteiger partial charge >= 0.3 is 0 Å². The standard InChI is InChI=1S/C6H16N3OPS2/c1-4-13-6(2,3)5(10)9-11(7,8)12/h4H2,1-3H3,(H5,7,8,9,10,12). The summed E-state index contributed by atoms with van der Waals surface area (Å²) in [5.74, 6) is 0.672. The molecule has 0 heterocycles. The first kappa shape index (κ1) is 13.4. The summed E-state index contributed by atoms with van der Waals surface area (Å²) in [5, 5.41) is 2.47. The van der Waals surface area contributed by atoms with Crippen LogP contribution in [0.5, 0.6) is 0 Å². The second-order valence-electron chi connectivity index (χ2n) is 3.09. The summed E-state index contributed by atoms with van der Waals surface area (Å²) < 4.78 is -0.516. The lowest BCUT2D eigenvalue weighted by molar-refractivity contribution is -0.120. The summed E-state index contributed by atoms with van der Waals surface area (Å²) in [6.07, 6.45) is 0. The molecule has 0 atom stereocenters. The molecule has 0 bridgehead atoms. The van der Waals surface area contributed by atoms with Crippen LogP contribution in [0, 0.1) is 0 Å². The van der Waals surface area contributed by atoms with Gasteiger partial charge in [0.05, 0.1) is 4.75 Å². The second-order valence-corrected chi connectivity index (χ2v) is 8.44. The summed E-state index contributed by atoms with van der Waals surface area (Å²) in [6.45, 7) is 3.01. The Labute approximate surface area is 88.4 Å². The first-order chi connectivity index (χ1) is 5.69. The predicted octanol–water partition coefficient (Wildman–Crippen LogP) is 0.776. The van der Waals surface area contributed by atoms with Crippen molar-refractivity contribution in [3.05, 3.63) is 0 Å². The highest BCUT2D eigenvalue weighted by atomic mass is 32.4. The molecule has 4 nitrogen and oxygen atoms in total. The zero-order chi connectivity index (χ0) is 10.7. The Balaban J connectivity index is 4.34. The van der Waals surface area contributed by atoms with Gasteiger partial charge in [-0.25, -0.2) is 0 Å². The number of carbonyl (C=O) groups excluding carboxylic acids is 1. The number of nitrogens with one attached hydrogen (secondary N) is 1. The second kappa shape index (κ2) is 4.75. The summed E-state index contributed by atoms with van der Waals surface area (Å²) in [4.78, 5) is 11.5. The highest BCUT2D eigenvalue weighted by molar-refractivity contribution is 8.11. The molecule has 1 amide bonds. The van der Waals surface area contributed by atoms with E-state index >= 15 is 0 Å². The molecule has 0 unspecified atom stereocenters. The van der Waals surface area contributed by atoms with Gasteiger partial charge in [-0.1, -0.05) is 6.92 Å². The molecule has 0 aromatic rings. The van der Waals surface area contributed by atoms with E-state index < -0.39 is 11.2 Å². The molecule has 13 heavy (non-hydrogen) atoms. The molecule has 0 fully saturated rings. The molecule has 0 radical (unpaired) electrons. The van der Waals surface area contributed by atoms with E-state index in [-0.39, 0.29) is 5.91 Å². The van der Waals surface area contributed by atoms with Crippen LogP contribution in [0.1, 0.15) is 20.8 Å². The number of amides is 1. The van der Waals surface area contributed by atoms with E-state index in [1.165, 1.54) is 11.8 Å². The molecular formula is C6H16N3OPS2. The summed E-state index contributed by atoms with van der Waals surface area (Å²) in [5.41, 5.74) is 10.8. The van der Waals surface area contributed by atoms with Crippen molar-refractivity contribution in [3.63, 3.8) is 0 Å². The van der Waals surface area contributed by atoms with Crippen molar-refractivity contribution in [2.45, 2.75) is 25.5 Å². The van der Waals surface area contributed by atoms with Crippen LogP contribution in [-0.4, -0.2) is 16.4 Å². The SMILES string of the molecule is CCSC(C)(C)C(=O)NP(N)(N)=S. The fourth-order valence-electron chi connectivity index (χ4n) is 0.720. The van der Waals surface area contributed by atoms with Gasteiger partial charge in [0.2, 0.25) is 5.91 Å². The summed E-state index contributed by atoms with van der Waals surface area (Å²) in [7, 11) is 0. The largest absolute Gasteiger partial charge is 0.304 e. The van der Waals surface area contributed by atoms with Crippen LogP contribution < -0.4 is 16.1 Å². The average molecular weight is 241 g/mol. The maximum Gasteiger partial charge on any atom is 0.241 e. The van der Waals surface area contributed by atoms with E-state index in [4.69, 9.17) is 22.8 Å². The minimum Gasteiger partial charge on any atom is -0.304 e. The predicted molar refractivity (Wildman–Crippen MR) is 63.0 cm³/mol. The normalized spacial score (nSPS) is 12.7. The van der Waals surface area contributed by atoms with Crippen LogP contribution in [0.2, 0.25) is 0 Å². The van der Waals surface area contributed by atoms with E-state index in [0.29, 0.717) is 0 Å². The van der Waals surface area contributed by atoms with Crippen LogP contribution in [0.3, 0.4) is 0 Å². The lowest BCUT2D eigenvalue weighted by Crippen LogP contribution is -2.41. The van der Waals surface area contributed by atoms with E-state index in [2.05, 4.69) is 5.09 Å². The fraction of sp³-hybridized carbons (Fsp3) is 0.833. The Bertz CT molecular complexity index is 238. The third kappa shape index (κ3) is 5.65. The first-order valence-electron chi connectivity index (χ1n) is 3.83. The molecule has 5 N–H and O–H groups in total. The Morgan fingerprint density at radius 3 is 2.38 bits per heavy atom. The maximum atomic E-state index is 11.5. The lowest BCUT2D eigenvalue weighted by atomic mass is 10.2. The zero-order valence-electron chi connectivity index (χ0n) is 8.03. The van der Waals surface area contributed by atoms with Gasteiger partial charge in [-0.15, -0.1) is 11.8 Å². The van der Waals surface area contributed by atoms with E-state index in [1.807, 2.05) is 20.8 Å². The van der Waals surface area contributed by atoms with Crippen molar-refractivity contribution < 1.29 is 4.79 Å². The van der Waals surface area contributed by atoms with Crippen LogP contribution in [0.25, 0.3) is 0 Å². The number of nitrogens with two attached hydrogens (primary N) is 2. The fourth-order valence-corrected chi connectivity index (χ4v) is 2.54. The number of carbonyl (C=O) groups is 1. The Kier molecular flexibility index (Phi) is 4.90. The molecule has 0 saturated carbocycles.